The van der Waals surface area contributed by atoms with E-state index < -0.39 is 11.6 Å². The Bertz CT molecular complexity index is 523. The summed E-state index contributed by atoms with van der Waals surface area (Å²) < 4.78 is 27.5. The van der Waals surface area contributed by atoms with Crippen molar-refractivity contribution in [3.05, 3.63) is 35.4 Å². The van der Waals surface area contributed by atoms with E-state index in [-0.39, 0.29) is 11.0 Å². The quantitative estimate of drug-likeness (QED) is 0.872. The molecule has 0 saturated heterocycles. The zero-order valence-corrected chi connectivity index (χ0v) is 13.2. The number of rotatable bonds is 4. The van der Waals surface area contributed by atoms with Gasteiger partial charge >= 0.3 is 0 Å². The van der Waals surface area contributed by atoms with Crippen molar-refractivity contribution in [2.75, 3.05) is 6.54 Å². The number of nitrogens with one attached hydrogen (secondary N) is 1. The van der Waals surface area contributed by atoms with Crippen LogP contribution in [0.3, 0.4) is 0 Å². The Labute approximate surface area is 126 Å². The summed E-state index contributed by atoms with van der Waals surface area (Å²) in [5, 5.41) is 3.58. The predicted molar refractivity (Wildman–Crippen MR) is 81.1 cm³/mol. The van der Waals surface area contributed by atoms with Crippen LogP contribution in [0.5, 0.6) is 0 Å². The molecule has 0 bridgehead atoms. The Balaban J connectivity index is 1.78. The predicted octanol–water partition coefficient (Wildman–Crippen LogP) is 4.31. The maximum atomic E-state index is 14.0. The second-order valence-electron chi connectivity index (χ2n) is 8.16. The Hall–Kier alpha value is -0.960. The molecule has 2 aliphatic rings. The largest absolute Gasteiger partial charge is 0.312 e. The first-order chi connectivity index (χ1) is 9.78. The molecule has 0 radical (unpaired) electrons. The van der Waals surface area contributed by atoms with E-state index in [1.807, 2.05) is 0 Å². The summed E-state index contributed by atoms with van der Waals surface area (Å²) >= 11 is 0. The highest BCUT2D eigenvalue weighted by molar-refractivity contribution is 5.22. The molecule has 1 aromatic rings. The van der Waals surface area contributed by atoms with Gasteiger partial charge in [0.1, 0.15) is 0 Å². The summed E-state index contributed by atoms with van der Waals surface area (Å²) in [4.78, 5) is 0. The molecular formula is C18H25F2N. The summed E-state index contributed by atoms with van der Waals surface area (Å²) in [5.41, 5.74) is 0.683. The maximum absolute atomic E-state index is 14.0. The van der Waals surface area contributed by atoms with Gasteiger partial charge in [0.05, 0.1) is 0 Å². The summed E-state index contributed by atoms with van der Waals surface area (Å²) in [6, 6.07) is 4.56. The number of hydrogen-bond acceptors (Lipinski definition) is 1. The molecule has 0 aromatic heterocycles. The fourth-order valence-electron chi connectivity index (χ4n) is 3.90. The molecule has 21 heavy (non-hydrogen) atoms. The molecule has 2 unspecified atom stereocenters. The van der Waals surface area contributed by atoms with Crippen molar-refractivity contribution in [2.45, 2.75) is 52.0 Å². The fourth-order valence-corrected chi connectivity index (χ4v) is 3.90. The summed E-state index contributed by atoms with van der Waals surface area (Å²) in [6.45, 7) is 7.34. The zero-order chi connectivity index (χ0) is 15.3. The molecule has 0 heterocycles. The van der Waals surface area contributed by atoms with Gasteiger partial charge in [0.25, 0.3) is 0 Å². The summed E-state index contributed by atoms with van der Waals surface area (Å²) in [7, 11) is 0. The molecule has 2 atom stereocenters. The average Bonchev–Trinajstić information content (AvgIpc) is 3.01. The molecule has 1 N–H and O–H groups in total. The van der Waals surface area contributed by atoms with E-state index in [2.05, 4.69) is 26.1 Å². The van der Waals surface area contributed by atoms with Crippen LogP contribution in [0, 0.1) is 28.9 Å². The van der Waals surface area contributed by atoms with Gasteiger partial charge in [-0.05, 0) is 75.3 Å². The van der Waals surface area contributed by atoms with Crippen molar-refractivity contribution in [1.82, 2.24) is 5.32 Å². The molecule has 116 valence electrons. The van der Waals surface area contributed by atoms with Crippen molar-refractivity contribution in [3.63, 3.8) is 0 Å². The van der Waals surface area contributed by atoms with E-state index in [9.17, 15) is 8.78 Å². The topological polar surface area (TPSA) is 12.0 Å². The van der Waals surface area contributed by atoms with Gasteiger partial charge < -0.3 is 5.32 Å². The minimum absolute atomic E-state index is 0.0558. The first kappa shape index (κ1) is 15.0. The van der Waals surface area contributed by atoms with Gasteiger partial charge in [0, 0.05) is 12.1 Å². The van der Waals surface area contributed by atoms with E-state index in [1.165, 1.54) is 12.5 Å². The second kappa shape index (κ2) is 5.05. The standard InChI is InChI=1S/C18H25F2N/c1-17(2,3)21-11-18(9-13-7-14(13)10-18)8-12-5-4-6-15(19)16(12)20/h4-6,13-14,21H,7-11H2,1-3H3. The molecule has 3 heteroatoms. The van der Waals surface area contributed by atoms with E-state index >= 15 is 0 Å². The number of benzene rings is 1. The molecule has 0 amide bonds. The van der Waals surface area contributed by atoms with Crippen LogP contribution in [0.2, 0.25) is 0 Å². The molecule has 0 spiro atoms. The van der Waals surface area contributed by atoms with Crippen LogP contribution < -0.4 is 5.32 Å². The highest BCUT2D eigenvalue weighted by atomic mass is 19.2. The Morgan fingerprint density at radius 2 is 1.86 bits per heavy atom. The van der Waals surface area contributed by atoms with E-state index in [4.69, 9.17) is 0 Å². The third kappa shape index (κ3) is 3.28. The van der Waals surface area contributed by atoms with E-state index in [1.54, 1.807) is 12.1 Å². The van der Waals surface area contributed by atoms with Gasteiger partial charge in [0.2, 0.25) is 0 Å². The minimum Gasteiger partial charge on any atom is -0.312 e. The lowest BCUT2D eigenvalue weighted by atomic mass is 9.76. The lowest BCUT2D eigenvalue weighted by molar-refractivity contribution is 0.219. The van der Waals surface area contributed by atoms with Crippen molar-refractivity contribution in [3.8, 4) is 0 Å². The molecule has 1 aromatic carbocycles. The van der Waals surface area contributed by atoms with Gasteiger partial charge in [-0.15, -0.1) is 0 Å². The maximum Gasteiger partial charge on any atom is 0.162 e. The fraction of sp³-hybridized carbons (Fsp3) is 0.667. The van der Waals surface area contributed by atoms with Gasteiger partial charge in [-0.2, -0.15) is 0 Å². The molecule has 2 saturated carbocycles. The molecular weight excluding hydrogens is 268 g/mol. The SMILES string of the molecule is CC(C)(C)NCC1(Cc2cccc(F)c2F)CC2CC2C1. The first-order valence-corrected chi connectivity index (χ1v) is 7.96. The minimum atomic E-state index is -0.727. The zero-order valence-electron chi connectivity index (χ0n) is 13.2. The van der Waals surface area contributed by atoms with Crippen LogP contribution in [0.15, 0.2) is 18.2 Å². The second-order valence-corrected chi connectivity index (χ2v) is 8.16. The monoisotopic (exact) mass is 293 g/mol. The average molecular weight is 293 g/mol. The van der Waals surface area contributed by atoms with Crippen LogP contribution >= 0.6 is 0 Å². The van der Waals surface area contributed by atoms with Crippen LogP contribution in [0.4, 0.5) is 8.78 Å². The molecule has 2 fully saturated rings. The highest BCUT2D eigenvalue weighted by Gasteiger charge is 2.53. The number of fused-ring (bicyclic) bond motifs is 1. The Morgan fingerprint density at radius 1 is 1.19 bits per heavy atom. The van der Waals surface area contributed by atoms with Crippen molar-refractivity contribution >= 4 is 0 Å². The van der Waals surface area contributed by atoms with Gasteiger partial charge in [-0.25, -0.2) is 8.78 Å². The lowest BCUT2D eigenvalue weighted by Crippen LogP contribution is -2.44. The number of halogens is 2. The Morgan fingerprint density at radius 3 is 2.48 bits per heavy atom. The van der Waals surface area contributed by atoms with Crippen LogP contribution in [0.1, 0.15) is 45.6 Å². The van der Waals surface area contributed by atoms with Crippen LogP contribution in [-0.2, 0) is 6.42 Å². The lowest BCUT2D eigenvalue weighted by Gasteiger charge is -2.35. The first-order valence-electron chi connectivity index (χ1n) is 7.96. The summed E-state index contributed by atoms with van der Waals surface area (Å²) in [6.07, 6.45) is 4.28. The molecule has 0 aliphatic heterocycles. The van der Waals surface area contributed by atoms with Crippen LogP contribution in [-0.4, -0.2) is 12.1 Å². The number of hydrogen-bond donors (Lipinski definition) is 1. The molecule has 2 aliphatic carbocycles. The van der Waals surface area contributed by atoms with E-state index in [0.717, 1.165) is 31.2 Å². The third-order valence-corrected chi connectivity index (χ3v) is 5.05. The van der Waals surface area contributed by atoms with Crippen molar-refractivity contribution in [2.24, 2.45) is 17.3 Å². The normalized spacial score (nSPS) is 31.3. The molecule has 3 rings (SSSR count). The van der Waals surface area contributed by atoms with Gasteiger partial charge in [0.15, 0.2) is 11.6 Å². The van der Waals surface area contributed by atoms with Gasteiger partial charge in [-0.1, -0.05) is 12.1 Å². The summed E-state index contributed by atoms with van der Waals surface area (Å²) in [5.74, 6) is 0.259. The van der Waals surface area contributed by atoms with Crippen molar-refractivity contribution < 1.29 is 8.78 Å². The highest BCUT2D eigenvalue weighted by Crippen LogP contribution is 2.60. The van der Waals surface area contributed by atoms with Crippen molar-refractivity contribution in [1.29, 1.82) is 0 Å². The Kier molecular flexibility index (Phi) is 3.59. The van der Waals surface area contributed by atoms with Crippen LogP contribution in [0.25, 0.3) is 0 Å². The molecule has 1 nitrogen and oxygen atoms in total. The third-order valence-electron chi connectivity index (χ3n) is 5.05. The smallest absolute Gasteiger partial charge is 0.162 e. The van der Waals surface area contributed by atoms with E-state index in [0.29, 0.717) is 12.0 Å². The van der Waals surface area contributed by atoms with Gasteiger partial charge in [-0.3, -0.25) is 0 Å².